The number of amides is 1. The van der Waals surface area contributed by atoms with Crippen LogP contribution in [0.3, 0.4) is 0 Å². The summed E-state index contributed by atoms with van der Waals surface area (Å²) >= 11 is 5.94. The summed E-state index contributed by atoms with van der Waals surface area (Å²) in [6.07, 6.45) is -4.54. The minimum atomic E-state index is -4.54. The molecule has 2 aromatic rings. The Hall–Kier alpha value is -2.46. The van der Waals surface area contributed by atoms with Gasteiger partial charge < -0.3 is 10.1 Å². The smallest absolute Gasteiger partial charge is 0.405 e. The van der Waals surface area contributed by atoms with E-state index in [0.29, 0.717) is 5.75 Å². The van der Waals surface area contributed by atoms with Crippen molar-refractivity contribution in [2.24, 2.45) is 0 Å². The van der Waals surface area contributed by atoms with Gasteiger partial charge in [0.1, 0.15) is 12.3 Å². The Bertz CT molecular complexity index is 932. The summed E-state index contributed by atoms with van der Waals surface area (Å²) in [6.45, 7) is -1.48. The van der Waals surface area contributed by atoms with Gasteiger partial charge in [0.05, 0.1) is 22.7 Å². The maximum absolute atomic E-state index is 12.4. The van der Waals surface area contributed by atoms with Crippen molar-refractivity contribution >= 4 is 33.2 Å². The SMILES string of the molecule is COc1ccc(NS(=O)(=O)c2ccc(C(=O)NCC(F)(F)F)cc2)cc1Cl. The molecule has 2 rings (SSSR count). The Kier molecular flexibility index (Phi) is 6.22. The predicted molar refractivity (Wildman–Crippen MR) is 93.6 cm³/mol. The number of anilines is 1. The third-order valence-corrected chi connectivity index (χ3v) is 4.97. The van der Waals surface area contributed by atoms with Crippen LogP contribution in [-0.4, -0.2) is 34.2 Å². The van der Waals surface area contributed by atoms with Crippen molar-refractivity contribution in [2.75, 3.05) is 18.4 Å². The lowest BCUT2D eigenvalue weighted by molar-refractivity contribution is -0.123. The molecular formula is C16H14ClF3N2O4S. The fourth-order valence-electron chi connectivity index (χ4n) is 2.01. The number of carbonyl (C=O) groups is 1. The summed E-state index contributed by atoms with van der Waals surface area (Å²) in [7, 11) is -2.57. The molecule has 146 valence electrons. The first-order chi connectivity index (χ1) is 12.5. The number of benzene rings is 2. The molecule has 0 saturated heterocycles. The number of rotatable bonds is 6. The third-order valence-electron chi connectivity index (χ3n) is 3.28. The van der Waals surface area contributed by atoms with Gasteiger partial charge in [-0.25, -0.2) is 8.42 Å². The number of sulfonamides is 1. The minimum absolute atomic E-state index is 0.106. The Morgan fingerprint density at radius 3 is 2.30 bits per heavy atom. The standard InChI is InChI=1S/C16H14ClF3N2O4S/c1-26-14-7-4-11(8-13(14)17)22-27(24,25)12-5-2-10(3-6-12)15(23)21-9-16(18,19)20/h2-8,22H,9H2,1H3,(H,21,23). The molecule has 6 nitrogen and oxygen atoms in total. The van der Waals surface area contributed by atoms with Crippen LogP contribution in [0.15, 0.2) is 47.4 Å². The molecule has 2 N–H and O–H groups in total. The summed E-state index contributed by atoms with van der Waals surface area (Å²) in [5.41, 5.74) is 0.0819. The number of hydrogen-bond donors (Lipinski definition) is 2. The first-order valence-electron chi connectivity index (χ1n) is 7.33. The number of halogens is 4. The molecule has 0 radical (unpaired) electrons. The Balaban J connectivity index is 2.13. The van der Waals surface area contributed by atoms with E-state index in [1.807, 2.05) is 0 Å². The van der Waals surface area contributed by atoms with Crippen molar-refractivity contribution in [3.05, 3.63) is 53.1 Å². The highest BCUT2D eigenvalue weighted by molar-refractivity contribution is 7.92. The van der Waals surface area contributed by atoms with E-state index >= 15 is 0 Å². The van der Waals surface area contributed by atoms with Gasteiger partial charge in [0.2, 0.25) is 0 Å². The van der Waals surface area contributed by atoms with Crippen molar-refractivity contribution in [3.8, 4) is 5.75 Å². The van der Waals surface area contributed by atoms with E-state index in [1.165, 1.54) is 25.3 Å². The zero-order chi connectivity index (χ0) is 20.2. The molecule has 0 spiro atoms. The molecule has 0 aliphatic heterocycles. The topological polar surface area (TPSA) is 84.5 Å². The van der Waals surface area contributed by atoms with Crippen LogP contribution in [0.25, 0.3) is 0 Å². The summed E-state index contributed by atoms with van der Waals surface area (Å²) in [5, 5.41) is 1.90. The van der Waals surface area contributed by atoms with E-state index in [2.05, 4.69) is 4.72 Å². The first kappa shape index (κ1) is 20.8. The van der Waals surface area contributed by atoms with Gasteiger partial charge in [0, 0.05) is 5.56 Å². The molecular weight excluding hydrogens is 409 g/mol. The van der Waals surface area contributed by atoms with Crippen molar-refractivity contribution in [1.82, 2.24) is 5.32 Å². The van der Waals surface area contributed by atoms with Gasteiger partial charge in [-0.1, -0.05) is 11.6 Å². The highest BCUT2D eigenvalue weighted by atomic mass is 35.5. The molecule has 0 aliphatic carbocycles. The lowest BCUT2D eigenvalue weighted by Gasteiger charge is -2.11. The highest BCUT2D eigenvalue weighted by Gasteiger charge is 2.28. The Morgan fingerprint density at radius 1 is 1.15 bits per heavy atom. The van der Waals surface area contributed by atoms with Gasteiger partial charge in [-0.05, 0) is 42.5 Å². The molecule has 0 atom stereocenters. The second-order valence-electron chi connectivity index (χ2n) is 5.28. The zero-order valence-corrected chi connectivity index (χ0v) is 15.4. The number of methoxy groups -OCH3 is 1. The molecule has 0 heterocycles. The van der Waals surface area contributed by atoms with Crippen molar-refractivity contribution < 1.29 is 31.1 Å². The van der Waals surface area contributed by atoms with Crippen molar-refractivity contribution in [2.45, 2.75) is 11.1 Å². The summed E-state index contributed by atoms with van der Waals surface area (Å²) in [4.78, 5) is 11.5. The van der Waals surface area contributed by atoms with Crippen molar-refractivity contribution in [3.63, 3.8) is 0 Å². The largest absolute Gasteiger partial charge is 0.495 e. The number of nitrogens with one attached hydrogen (secondary N) is 2. The molecule has 11 heteroatoms. The van der Waals surface area contributed by atoms with E-state index in [-0.39, 0.29) is 21.2 Å². The highest BCUT2D eigenvalue weighted by Crippen LogP contribution is 2.28. The van der Waals surface area contributed by atoms with Gasteiger partial charge in [0.15, 0.2) is 0 Å². The molecule has 0 fully saturated rings. The lowest BCUT2D eigenvalue weighted by Crippen LogP contribution is -2.33. The van der Waals surface area contributed by atoms with E-state index in [4.69, 9.17) is 16.3 Å². The van der Waals surface area contributed by atoms with E-state index < -0.39 is 28.7 Å². The van der Waals surface area contributed by atoms with Crippen LogP contribution in [0.5, 0.6) is 5.75 Å². The molecule has 0 saturated carbocycles. The number of alkyl halides is 3. The van der Waals surface area contributed by atoms with E-state index in [1.54, 1.807) is 5.32 Å². The van der Waals surface area contributed by atoms with Crippen molar-refractivity contribution in [1.29, 1.82) is 0 Å². The Labute approximate surface area is 158 Å². The molecule has 2 aromatic carbocycles. The van der Waals surface area contributed by atoms with Crippen LogP contribution in [0.4, 0.5) is 18.9 Å². The minimum Gasteiger partial charge on any atom is -0.495 e. The van der Waals surface area contributed by atoms with Crippen LogP contribution in [-0.2, 0) is 10.0 Å². The summed E-state index contributed by atoms with van der Waals surface area (Å²) in [5.74, 6) is -0.597. The molecule has 1 amide bonds. The quantitative estimate of drug-likeness (QED) is 0.746. The zero-order valence-electron chi connectivity index (χ0n) is 13.8. The van der Waals surface area contributed by atoms with Crippen LogP contribution >= 0.6 is 11.6 Å². The molecule has 0 bridgehead atoms. The van der Waals surface area contributed by atoms with Crippen LogP contribution in [0, 0.1) is 0 Å². The first-order valence-corrected chi connectivity index (χ1v) is 9.19. The normalized spacial score (nSPS) is 11.7. The molecule has 27 heavy (non-hydrogen) atoms. The molecule has 0 aromatic heterocycles. The van der Waals surface area contributed by atoms with Crippen LogP contribution < -0.4 is 14.8 Å². The Morgan fingerprint density at radius 2 is 1.78 bits per heavy atom. The molecule has 0 aliphatic rings. The number of ether oxygens (including phenoxy) is 1. The van der Waals surface area contributed by atoms with Gasteiger partial charge in [-0.3, -0.25) is 9.52 Å². The average Bonchev–Trinajstić information content (AvgIpc) is 2.59. The fraction of sp³-hybridized carbons (Fsp3) is 0.188. The van der Waals surface area contributed by atoms with Crippen LogP contribution in [0.1, 0.15) is 10.4 Å². The lowest BCUT2D eigenvalue weighted by atomic mass is 10.2. The monoisotopic (exact) mass is 422 g/mol. The third kappa shape index (κ3) is 5.76. The molecule has 0 unspecified atom stereocenters. The van der Waals surface area contributed by atoms with E-state index in [0.717, 1.165) is 24.3 Å². The predicted octanol–water partition coefficient (Wildman–Crippen LogP) is 3.44. The van der Waals surface area contributed by atoms with E-state index in [9.17, 15) is 26.4 Å². The summed E-state index contributed by atoms with van der Waals surface area (Å²) < 4.78 is 68.4. The maximum Gasteiger partial charge on any atom is 0.405 e. The number of carbonyl (C=O) groups excluding carboxylic acids is 1. The maximum atomic E-state index is 12.4. The van der Waals surface area contributed by atoms with Gasteiger partial charge in [-0.15, -0.1) is 0 Å². The van der Waals surface area contributed by atoms with Crippen LogP contribution in [0.2, 0.25) is 5.02 Å². The second kappa shape index (κ2) is 8.05. The van der Waals surface area contributed by atoms with Gasteiger partial charge in [0.25, 0.3) is 15.9 Å². The van der Waals surface area contributed by atoms with Gasteiger partial charge in [-0.2, -0.15) is 13.2 Å². The summed E-state index contributed by atoms with van der Waals surface area (Å²) in [6, 6.07) is 8.72. The average molecular weight is 423 g/mol. The fourth-order valence-corrected chi connectivity index (χ4v) is 3.32. The second-order valence-corrected chi connectivity index (χ2v) is 7.37. The number of hydrogen-bond acceptors (Lipinski definition) is 4. The van der Waals surface area contributed by atoms with Gasteiger partial charge >= 0.3 is 6.18 Å².